The van der Waals surface area contributed by atoms with Crippen LogP contribution in [-0.4, -0.2) is 26.0 Å². The molecule has 0 amide bonds. The molecule has 1 unspecified atom stereocenters. The van der Waals surface area contributed by atoms with Gasteiger partial charge in [0.1, 0.15) is 0 Å². The number of nitrogens with one attached hydrogen (secondary N) is 1. The van der Waals surface area contributed by atoms with E-state index in [2.05, 4.69) is 5.32 Å². The van der Waals surface area contributed by atoms with Gasteiger partial charge in [0.25, 0.3) is 0 Å². The SMILES string of the molecule is CC(NCC(C)(C)S(C)(=O)=O)c1ccccc1C(F)(F)F. The lowest BCUT2D eigenvalue weighted by Gasteiger charge is -2.26. The Kier molecular flexibility index (Phi) is 5.10. The minimum absolute atomic E-state index is 0.0686. The highest BCUT2D eigenvalue weighted by Crippen LogP contribution is 2.34. The molecule has 1 rings (SSSR count). The Labute approximate surface area is 123 Å². The zero-order valence-electron chi connectivity index (χ0n) is 12.5. The molecule has 0 bridgehead atoms. The summed E-state index contributed by atoms with van der Waals surface area (Å²) >= 11 is 0. The topological polar surface area (TPSA) is 46.2 Å². The van der Waals surface area contributed by atoms with Crippen LogP contribution in [0, 0.1) is 0 Å². The van der Waals surface area contributed by atoms with Gasteiger partial charge in [-0.05, 0) is 32.4 Å². The molecule has 0 aliphatic carbocycles. The van der Waals surface area contributed by atoms with E-state index in [1.165, 1.54) is 32.0 Å². The van der Waals surface area contributed by atoms with Crippen molar-refractivity contribution in [3.8, 4) is 0 Å². The fourth-order valence-electron chi connectivity index (χ4n) is 1.77. The smallest absolute Gasteiger partial charge is 0.309 e. The molecule has 7 heteroatoms. The van der Waals surface area contributed by atoms with Crippen molar-refractivity contribution in [2.24, 2.45) is 0 Å². The molecular formula is C14H20F3NO2S. The third-order valence-corrected chi connectivity index (χ3v) is 5.72. The van der Waals surface area contributed by atoms with Crippen LogP contribution in [0.15, 0.2) is 24.3 Å². The molecular weight excluding hydrogens is 303 g/mol. The van der Waals surface area contributed by atoms with Gasteiger partial charge in [-0.15, -0.1) is 0 Å². The fraction of sp³-hybridized carbons (Fsp3) is 0.571. The van der Waals surface area contributed by atoms with E-state index in [1.54, 1.807) is 6.92 Å². The van der Waals surface area contributed by atoms with Gasteiger partial charge in [-0.2, -0.15) is 13.2 Å². The van der Waals surface area contributed by atoms with Gasteiger partial charge in [0.15, 0.2) is 9.84 Å². The van der Waals surface area contributed by atoms with Crippen molar-refractivity contribution in [2.45, 2.75) is 37.7 Å². The summed E-state index contributed by atoms with van der Waals surface area (Å²) in [5.74, 6) is 0. The fourth-order valence-corrected chi connectivity index (χ4v) is 2.12. The zero-order valence-corrected chi connectivity index (χ0v) is 13.3. The van der Waals surface area contributed by atoms with Crippen LogP contribution < -0.4 is 5.32 Å². The van der Waals surface area contributed by atoms with E-state index in [0.717, 1.165) is 12.3 Å². The summed E-state index contributed by atoms with van der Waals surface area (Å²) in [6.07, 6.45) is -3.32. The Balaban J connectivity index is 2.95. The highest BCUT2D eigenvalue weighted by atomic mass is 32.2. The lowest BCUT2D eigenvalue weighted by atomic mass is 10.0. The highest BCUT2D eigenvalue weighted by molar-refractivity contribution is 7.92. The van der Waals surface area contributed by atoms with Crippen LogP contribution in [0.2, 0.25) is 0 Å². The standard InChI is InChI=1S/C14H20F3NO2S/c1-10(18-9-13(2,3)21(4,19)20)11-7-5-6-8-12(11)14(15,16)17/h5-8,10,18H,9H2,1-4H3. The number of benzene rings is 1. The van der Waals surface area contributed by atoms with Gasteiger partial charge in [0.05, 0.1) is 10.3 Å². The highest BCUT2D eigenvalue weighted by Gasteiger charge is 2.35. The maximum Gasteiger partial charge on any atom is 0.416 e. The first-order valence-electron chi connectivity index (χ1n) is 6.45. The summed E-state index contributed by atoms with van der Waals surface area (Å²) in [5, 5.41) is 2.88. The van der Waals surface area contributed by atoms with Gasteiger partial charge in [-0.3, -0.25) is 0 Å². The van der Waals surface area contributed by atoms with Crippen molar-refractivity contribution in [1.29, 1.82) is 0 Å². The van der Waals surface area contributed by atoms with Gasteiger partial charge < -0.3 is 5.32 Å². The zero-order chi connectivity index (χ0) is 16.5. The van der Waals surface area contributed by atoms with Crippen molar-refractivity contribution in [3.05, 3.63) is 35.4 Å². The summed E-state index contributed by atoms with van der Waals surface area (Å²) in [7, 11) is -3.30. The van der Waals surface area contributed by atoms with Crippen LogP contribution in [-0.2, 0) is 16.0 Å². The van der Waals surface area contributed by atoms with Crippen LogP contribution in [0.25, 0.3) is 0 Å². The number of rotatable bonds is 5. The first-order valence-corrected chi connectivity index (χ1v) is 8.34. The molecule has 0 fully saturated rings. The Morgan fingerprint density at radius 3 is 2.19 bits per heavy atom. The first kappa shape index (κ1) is 18.0. The Hall–Kier alpha value is -1.08. The second kappa shape index (κ2) is 5.96. The molecule has 21 heavy (non-hydrogen) atoms. The van der Waals surface area contributed by atoms with Crippen molar-refractivity contribution in [1.82, 2.24) is 5.32 Å². The Bertz CT molecular complexity index is 594. The normalized spacial score (nSPS) is 15.0. The molecule has 0 saturated carbocycles. The molecule has 1 atom stereocenters. The monoisotopic (exact) mass is 323 g/mol. The van der Waals surface area contributed by atoms with Gasteiger partial charge in [-0.25, -0.2) is 8.42 Å². The second-order valence-electron chi connectivity index (χ2n) is 5.72. The van der Waals surface area contributed by atoms with Crippen LogP contribution >= 0.6 is 0 Å². The summed E-state index contributed by atoms with van der Waals surface area (Å²) in [6.45, 7) is 4.73. The van der Waals surface area contributed by atoms with Gasteiger partial charge in [0, 0.05) is 18.8 Å². The third kappa shape index (κ3) is 4.44. The van der Waals surface area contributed by atoms with E-state index in [9.17, 15) is 21.6 Å². The van der Waals surface area contributed by atoms with Crippen molar-refractivity contribution < 1.29 is 21.6 Å². The molecule has 0 aliphatic heterocycles. The van der Waals surface area contributed by atoms with Crippen molar-refractivity contribution in [2.75, 3.05) is 12.8 Å². The van der Waals surface area contributed by atoms with Gasteiger partial charge >= 0.3 is 6.18 Å². The molecule has 120 valence electrons. The average Bonchev–Trinajstić information content (AvgIpc) is 2.33. The lowest BCUT2D eigenvalue weighted by Crippen LogP contribution is -2.42. The molecule has 1 aromatic rings. The molecule has 0 radical (unpaired) electrons. The van der Waals surface area contributed by atoms with Crippen LogP contribution in [0.3, 0.4) is 0 Å². The lowest BCUT2D eigenvalue weighted by molar-refractivity contribution is -0.138. The summed E-state index contributed by atoms with van der Waals surface area (Å²) in [4.78, 5) is 0. The summed E-state index contributed by atoms with van der Waals surface area (Å²) < 4.78 is 61.0. The minimum Gasteiger partial charge on any atom is -0.309 e. The number of alkyl halides is 3. The molecule has 3 nitrogen and oxygen atoms in total. The maximum atomic E-state index is 12.9. The number of hydrogen-bond donors (Lipinski definition) is 1. The Morgan fingerprint density at radius 1 is 1.19 bits per heavy atom. The van der Waals surface area contributed by atoms with Crippen molar-refractivity contribution in [3.63, 3.8) is 0 Å². The molecule has 0 aliphatic rings. The summed E-state index contributed by atoms with van der Waals surface area (Å²) in [5.41, 5.74) is -0.600. The predicted molar refractivity (Wildman–Crippen MR) is 76.8 cm³/mol. The van der Waals surface area contributed by atoms with E-state index >= 15 is 0 Å². The number of halogens is 3. The molecule has 0 spiro atoms. The molecule has 1 N–H and O–H groups in total. The summed E-state index contributed by atoms with van der Waals surface area (Å²) in [6, 6.07) is 4.68. The third-order valence-electron chi connectivity index (χ3n) is 3.57. The van der Waals surface area contributed by atoms with E-state index in [1.807, 2.05) is 0 Å². The predicted octanol–water partition coefficient (Wildman–Crippen LogP) is 3.18. The van der Waals surface area contributed by atoms with E-state index in [0.29, 0.717) is 0 Å². The maximum absolute atomic E-state index is 12.9. The van der Waals surface area contributed by atoms with E-state index in [4.69, 9.17) is 0 Å². The number of hydrogen-bond acceptors (Lipinski definition) is 3. The number of sulfone groups is 1. The van der Waals surface area contributed by atoms with Gasteiger partial charge in [0.2, 0.25) is 0 Å². The molecule has 0 aromatic heterocycles. The van der Waals surface area contributed by atoms with Gasteiger partial charge in [-0.1, -0.05) is 18.2 Å². The molecule has 0 saturated heterocycles. The first-order chi connectivity index (χ1) is 9.36. The minimum atomic E-state index is -4.43. The van der Waals surface area contributed by atoms with Crippen LogP contribution in [0.4, 0.5) is 13.2 Å². The van der Waals surface area contributed by atoms with E-state index < -0.39 is 32.4 Å². The van der Waals surface area contributed by atoms with Crippen LogP contribution in [0.1, 0.15) is 37.9 Å². The largest absolute Gasteiger partial charge is 0.416 e. The Morgan fingerprint density at radius 2 is 1.71 bits per heavy atom. The average molecular weight is 323 g/mol. The van der Waals surface area contributed by atoms with Crippen LogP contribution in [0.5, 0.6) is 0 Å². The molecule has 0 heterocycles. The van der Waals surface area contributed by atoms with Crippen molar-refractivity contribution >= 4 is 9.84 Å². The quantitative estimate of drug-likeness (QED) is 0.905. The van der Waals surface area contributed by atoms with E-state index in [-0.39, 0.29) is 12.1 Å². The molecule has 1 aromatic carbocycles. The second-order valence-corrected chi connectivity index (χ2v) is 8.37.